The van der Waals surface area contributed by atoms with Gasteiger partial charge in [0.2, 0.25) is 0 Å². The quantitative estimate of drug-likeness (QED) is 0.554. The Morgan fingerprint density at radius 2 is 1.69 bits per heavy atom. The molecule has 0 spiro atoms. The topological polar surface area (TPSA) is 62.1 Å². The SMILES string of the molecule is COc1cc(OC)c(OC)cc1/C=c1/sc2nc3ccccc3n2c1=O. The van der Waals surface area contributed by atoms with E-state index in [-0.39, 0.29) is 5.56 Å². The zero-order chi connectivity index (χ0) is 18.3. The van der Waals surface area contributed by atoms with E-state index in [2.05, 4.69) is 4.98 Å². The Balaban J connectivity index is 1.97. The lowest BCUT2D eigenvalue weighted by atomic mass is 10.1. The summed E-state index contributed by atoms with van der Waals surface area (Å²) in [7, 11) is 4.71. The summed E-state index contributed by atoms with van der Waals surface area (Å²) in [6.07, 6.45) is 1.79. The Hall–Kier alpha value is -3.06. The molecule has 0 bridgehead atoms. The van der Waals surface area contributed by atoms with Gasteiger partial charge in [-0.3, -0.25) is 4.79 Å². The number of ether oxygens (including phenoxy) is 3. The van der Waals surface area contributed by atoms with Crippen LogP contribution in [0.2, 0.25) is 0 Å². The summed E-state index contributed by atoms with van der Waals surface area (Å²) in [5.74, 6) is 1.73. The number of imidazole rings is 1. The van der Waals surface area contributed by atoms with Crippen LogP contribution in [0.3, 0.4) is 0 Å². The van der Waals surface area contributed by atoms with Crippen LogP contribution in [0.5, 0.6) is 17.2 Å². The fraction of sp³-hybridized carbons (Fsp3) is 0.158. The van der Waals surface area contributed by atoms with Gasteiger partial charge < -0.3 is 14.2 Å². The maximum absolute atomic E-state index is 12.9. The number of methoxy groups -OCH3 is 3. The smallest absolute Gasteiger partial charge is 0.274 e. The second-order valence-electron chi connectivity index (χ2n) is 5.58. The molecule has 0 saturated carbocycles. The van der Waals surface area contributed by atoms with Crippen molar-refractivity contribution < 1.29 is 14.2 Å². The Bertz CT molecular complexity index is 1230. The number of hydrogen-bond donors (Lipinski definition) is 0. The molecule has 0 fully saturated rings. The van der Waals surface area contributed by atoms with Gasteiger partial charge in [-0.15, -0.1) is 0 Å². The highest BCUT2D eigenvalue weighted by Gasteiger charge is 2.13. The van der Waals surface area contributed by atoms with Crippen LogP contribution in [0.15, 0.2) is 41.2 Å². The summed E-state index contributed by atoms with van der Waals surface area (Å²) in [4.78, 5) is 18.1. The zero-order valence-electron chi connectivity index (χ0n) is 14.5. The van der Waals surface area contributed by atoms with Crippen LogP contribution in [0.25, 0.3) is 22.1 Å². The van der Waals surface area contributed by atoms with Crippen molar-refractivity contribution in [2.75, 3.05) is 21.3 Å². The molecule has 0 atom stereocenters. The first-order valence-electron chi connectivity index (χ1n) is 7.88. The Kier molecular flexibility index (Phi) is 4.00. The van der Waals surface area contributed by atoms with E-state index >= 15 is 0 Å². The van der Waals surface area contributed by atoms with Crippen molar-refractivity contribution in [1.29, 1.82) is 0 Å². The average Bonchev–Trinajstić information content (AvgIpc) is 3.17. The van der Waals surface area contributed by atoms with Crippen LogP contribution in [-0.4, -0.2) is 30.7 Å². The molecule has 4 aromatic rings. The number of fused-ring (bicyclic) bond motifs is 3. The van der Waals surface area contributed by atoms with Gasteiger partial charge in [-0.1, -0.05) is 23.5 Å². The Morgan fingerprint density at radius 3 is 2.42 bits per heavy atom. The van der Waals surface area contributed by atoms with Gasteiger partial charge in [-0.2, -0.15) is 0 Å². The summed E-state index contributed by atoms with van der Waals surface area (Å²) in [6.45, 7) is 0. The third kappa shape index (κ3) is 2.48. The minimum Gasteiger partial charge on any atom is -0.496 e. The maximum Gasteiger partial charge on any atom is 0.274 e. The molecule has 0 aliphatic heterocycles. The van der Waals surface area contributed by atoms with Crippen molar-refractivity contribution >= 4 is 33.4 Å². The molecule has 7 heteroatoms. The number of aromatic nitrogens is 2. The van der Waals surface area contributed by atoms with Crippen LogP contribution in [-0.2, 0) is 0 Å². The predicted molar refractivity (Wildman–Crippen MR) is 102 cm³/mol. The first-order chi connectivity index (χ1) is 12.7. The minimum atomic E-state index is -0.101. The molecule has 0 amide bonds. The molecule has 0 unspecified atom stereocenters. The molecule has 0 N–H and O–H groups in total. The van der Waals surface area contributed by atoms with E-state index in [1.54, 1.807) is 43.9 Å². The first kappa shape index (κ1) is 16.4. The first-order valence-corrected chi connectivity index (χ1v) is 8.69. The van der Waals surface area contributed by atoms with Gasteiger partial charge >= 0.3 is 0 Å². The number of rotatable bonds is 4. The highest BCUT2D eigenvalue weighted by molar-refractivity contribution is 7.15. The van der Waals surface area contributed by atoms with Crippen molar-refractivity contribution in [2.24, 2.45) is 0 Å². The normalized spacial score (nSPS) is 12.0. The molecular formula is C19H16N2O4S. The molecule has 2 aromatic carbocycles. The van der Waals surface area contributed by atoms with Gasteiger partial charge in [0.15, 0.2) is 16.5 Å². The summed E-state index contributed by atoms with van der Waals surface area (Å²) in [6, 6.07) is 11.1. The van der Waals surface area contributed by atoms with Gasteiger partial charge in [-0.05, 0) is 24.3 Å². The standard InChI is InChI=1S/C19H16N2O4S/c1-23-14-10-16(25-3)15(24-2)8-11(14)9-17-18(22)21-13-7-5-4-6-12(13)20-19(21)26-17/h4-10H,1-3H3/b17-9+. The summed E-state index contributed by atoms with van der Waals surface area (Å²) in [5.41, 5.74) is 2.25. The molecule has 6 nitrogen and oxygen atoms in total. The summed E-state index contributed by atoms with van der Waals surface area (Å²) in [5, 5.41) is 0. The predicted octanol–water partition coefficient (Wildman–Crippen LogP) is 2.48. The van der Waals surface area contributed by atoms with Crippen LogP contribution in [0.1, 0.15) is 5.56 Å². The van der Waals surface area contributed by atoms with Crippen molar-refractivity contribution in [2.45, 2.75) is 0 Å². The van der Waals surface area contributed by atoms with Gasteiger partial charge in [0.25, 0.3) is 5.56 Å². The molecule has 26 heavy (non-hydrogen) atoms. The lowest BCUT2D eigenvalue weighted by Crippen LogP contribution is -2.22. The van der Waals surface area contributed by atoms with Gasteiger partial charge in [0.1, 0.15) is 5.75 Å². The van der Waals surface area contributed by atoms with E-state index in [0.717, 1.165) is 16.6 Å². The number of hydrogen-bond acceptors (Lipinski definition) is 6. The largest absolute Gasteiger partial charge is 0.496 e. The second kappa shape index (κ2) is 6.34. The summed E-state index contributed by atoms with van der Waals surface area (Å²) < 4.78 is 18.3. The van der Waals surface area contributed by atoms with Crippen LogP contribution < -0.4 is 24.3 Å². The molecule has 0 aliphatic rings. The highest BCUT2D eigenvalue weighted by atomic mass is 32.1. The minimum absolute atomic E-state index is 0.101. The van der Waals surface area contributed by atoms with E-state index in [1.807, 2.05) is 24.3 Å². The monoisotopic (exact) mass is 368 g/mol. The number of thiazole rings is 1. The molecule has 132 valence electrons. The number of para-hydroxylation sites is 2. The molecule has 0 radical (unpaired) electrons. The van der Waals surface area contributed by atoms with E-state index < -0.39 is 0 Å². The Morgan fingerprint density at radius 1 is 1.00 bits per heavy atom. The third-order valence-corrected chi connectivity index (χ3v) is 5.14. The van der Waals surface area contributed by atoms with Gasteiger partial charge in [0.05, 0.1) is 36.9 Å². The number of benzene rings is 2. The van der Waals surface area contributed by atoms with Crippen LogP contribution >= 0.6 is 11.3 Å². The fourth-order valence-corrected chi connectivity index (χ4v) is 3.90. The zero-order valence-corrected chi connectivity index (χ0v) is 15.3. The maximum atomic E-state index is 12.9. The molecular weight excluding hydrogens is 352 g/mol. The van der Waals surface area contributed by atoms with Crippen LogP contribution in [0.4, 0.5) is 0 Å². The third-order valence-electron chi connectivity index (χ3n) is 4.17. The van der Waals surface area contributed by atoms with Crippen molar-refractivity contribution in [3.63, 3.8) is 0 Å². The average molecular weight is 368 g/mol. The Labute approximate surface area is 152 Å². The second-order valence-corrected chi connectivity index (χ2v) is 6.59. The van der Waals surface area contributed by atoms with E-state index in [4.69, 9.17) is 14.2 Å². The van der Waals surface area contributed by atoms with E-state index in [0.29, 0.717) is 26.7 Å². The molecule has 2 heterocycles. The number of nitrogens with zero attached hydrogens (tertiary/aromatic N) is 2. The molecule has 2 aromatic heterocycles. The van der Waals surface area contributed by atoms with E-state index in [9.17, 15) is 4.79 Å². The molecule has 0 saturated heterocycles. The van der Waals surface area contributed by atoms with Crippen molar-refractivity contribution in [3.05, 3.63) is 56.8 Å². The van der Waals surface area contributed by atoms with Crippen LogP contribution in [0, 0.1) is 0 Å². The lowest BCUT2D eigenvalue weighted by Gasteiger charge is -2.11. The lowest BCUT2D eigenvalue weighted by molar-refractivity contribution is 0.348. The van der Waals surface area contributed by atoms with Gasteiger partial charge in [0, 0.05) is 11.6 Å². The van der Waals surface area contributed by atoms with E-state index in [1.165, 1.54) is 11.3 Å². The highest BCUT2D eigenvalue weighted by Crippen LogP contribution is 2.34. The van der Waals surface area contributed by atoms with Crippen molar-refractivity contribution in [1.82, 2.24) is 9.38 Å². The summed E-state index contributed by atoms with van der Waals surface area (Å²) >= 11 is 1.34. The molecule has 4 rings (SSSR count). The van der Waals surface area contributed by atoms with Crippen molar-refractivity contribution in [3.8, 4) is 17.2 Å². The fourth-order valence-electron chi connectivity index (χ4n) is 2.92. The van der Waals surface area contributed by atoms with Gasteiger partial charge in [-0.25, -0.2) is 9.38 Å². The molecule has 0 aliphatic carbocycles.